The van der Waals surface area contributed by atoms with Crippen molar-refractivity contribution in [3.8, 4) is 0 Å². The lowest BCUT2D eigenvalue weighted by Gasteiger charge is -2.21. The number of nitrogens with two attached hydrogens (primary N) is 1. The van der Waals surface area contributed by atoms with Crippen LogP contribution >= 0.6 is 0 Å². The highest BCUT2D eigenvalue weighted by molar-refractivity contribution is 6.07. The number of rotatable bonds is 3. The molecule has 0 spiro atoms. The number of pyridine rings is 1. The normalized spacial score (nSPS) is 16.0. The Morgan fingerprint density at radius 3 is 2.76 bits per heavy atom. The second-order valence-electron chi connectivity index (χ2n) is 5.69. The minimum absolute atomic E-state index is 0.0931. The van der Waals surface area contributed by atoms with Gasteiger partial charge in [-0.1, -0.05) is 24.3 Å². The summed E-state index contributed by atoms with van der Waals surface area (Å²) in [5, 5.41) is 0. The Kier molecular flexibility index (Phi) is 3.14. The van der Waals surface area contributed by atoms with E-state index < -0.39 is 5.41 Å². The summed E-state index contributed by atoms with van der Waals surface area (Å²) in [5.74, 6) is 6.17. The Balaban J connectivity index is 2.02. The van der Waals surface area contributed by atoms with Crippen LogP contribution in [0.15, 0.2) is 42.6 Å². The van der Waals surface area contributed by atoms with Gasteiger partial charge in [0, 0.05) is 17.4 Å². The molecule has 1 aromatic carbocycles. The molecule has 3 N–H and O–H groups in total. The van der Waals surface area contributed by atoms with Gasteiger partial charge in [-0.15, -0.1) is 0 Å². The molecule has 0 unspecified atom stereocenters. The summed E-state index contributed by atoms with van der Waals surface area (Å²) >= 11 is 0. The number of carbonyl (C=O) groups excluding carboxylic acids is 1. The number of benzene rings is 1. The van der Waals surface area contributed by atoms with E-state index >= 15 is 0 Å². The van der Waals surface area contributed by atoms with Crippen molar-refractivity contribution >= 4 is 17.4 Å². The summed E-state index contributed by atoms with van der Waals surface area (Å²) in [6, 6.07) is 11.7. The molecule has 1 aliphatic heterocycles. The third-order valence-electron chi connectivity index (χ3n) is 4.00. The Morgan fingerprint density at radius 1 is 1.24 bits per heavy atom. The van der Waals surface area contributed by atoms with Crippen LogP contribution in [0.4, 0.5) is 11.5 Å². The number of nitrogens with zero attached hydrogens (tertiary/aromatic N) is 2. The van der Waals surface area contributed by atoms with Gasteiger partial charge >= 0.3 is 0 Å². The Labute approximate surface area is 123 Å². The highest BCUT2D eigenvalue weighted by Crippen LogP contribution is 2.42. The maximum absolute atomic E-state index is 12.7. The summed E-state index contributed by atoms with van der Waals surface area (Å²) < 4.78 is 0. The number of carbonyl (C=O) groups is 1. The fourth-order valence-corrected chi connectivity index (χ4v) is 2.82. The highest BCUT2D eigenvalue weighted by atomic mass is 16.2. The highest BCUT2D eigenvalue weighted by Gasteiger charge is 2.43. The quantitative estimate of drug-likeness (QED) is 0.668. The second-order valence-corrected chi connectivity index (χ2v) is 5.69. The summed E-state index contributed by atoms with van der Waals surface area (Å²) in [7, 11) is 0. The first-order valence-electron chi connectivity index (χ1n) is 6.87. The van der Waals surface area contributed by atoms with Gasteiger partial charge in [-0.2, -0.15) is 0 Å². The van der Waals surface area contributed by atoms with Crippen LogP contribution in [0.1, 0.15) is 25.0 Å². The summed E-state index contributed by atoms with van der Waals surface area (Å²) in [4.78, 5) is 18.7. The number of nitrogen functional groups attached to an aromatic ring is 1. The van der Waals surface area contributed by atoms with Gasteiger partial charge in [0.25, 0.3) is 0 Å². The van der Waals surface area contributed by atoms with E-state index in [4.69, 9.17) is 5.84 Å². The SMILES string of the molecule is CC1(C)C(=O)N(Cc2cccnc2NN)c2ccccc21. The van der Waals surface area contributed by atoms with Crippen molar-refractivity contribution in [1.29, 1.82) is 0 Å². The van der Waals surface area contributed by atoms with E-state index in [0.29, 0.717) is 12.4 Å². The molecule has 0 saturated carbocycles. The third kappa shape index (κ3) is 2.06. The molecule has 5 heteroatoms. The van der Waals surface area contributed by atoms with Crippen LogP contribution in [0.25, 0.3) is 0 Å². The summed E-state index contributed by atoms with van der Waals surface area (Å²) in [6.07, 6.45) is 1.67. The van der Waals surface area contributed by atoms with Gasteiger partial charge < -0.3 is 10.3 Å². The first kappa shape index (κ1) is 13.6. The molecule has 0 saturated heterocycles. The number of nitrogens with one attached hydrogen (secondary N) is 1. The van der Waals surface area contributed by atoms with Crippen LogP contribution in [0, 0.1) is 0 Å². The summed E-state index contributed by atoms with van der Waals surface area (Å²) in [6.45, 7) is 4.37. The van der Waals surface area contributed by atoms with E-state index in [1.807, 2.05) is 50.2 Å². The van der Waals surface area contributed by atoms with Crippen LogP contribution in [0.2, 0.25) is 0 Å². The molecule has 0 atom stereocenters. The van der Waals surface area contributed by atoms with Gasteiger partial charge in [-0.3, -0.25) is 4.79 Å². The van der Waals surface area contributed by atoms with Crippen molar-refractivity contribution < 1.29 is 4.79 Å². The molecule has 21 heavy (non-hydrogen) atoms. The van der Waals surface area contributed by atoms with Crippen LogP contribution in [0.3, 0.4) is 0 Å². The van der Waals surface area contributed by atoms with Gasteiger partial charge in [0.15, 0.2) is 0 Å². The van der Waals surface area contributed by atoms with Crippen LogP contribution in [-0.4, -0.2) is 10.9 Å². The van der Waals surface area contributed by atoms with Gasteiger partial charge in [-0.05, 0) is 31.5 Å². The Morgan fingerprint density at radius 2 is 2.00 bits per heavy atom. The molecule has 0 aliphatic carbocycles. The van der Waals surface area contributed by atoms with Gasteiger partial charge in [-0.25, -0.2) is 10.8 Å². The number of para-hydroxylation sites is 1. The molecule has 2 aromatic rings. The zero-order chi connectivity index (χ0) is 15.0. The van der Waals surface area contributed by atoms with Crippen molar-refractivity contribution in [2.24, 2.45) is 5.84 Å². The monoisotopic (exact) mass is 282 g/mol. The fraction of sp³-hybridized carbons (Fsp3) is 0.250. The van der Waals surface area contributed by atoms with Gasteiger partial charge in [0.2, 0.25) is 5.91 Å². The van der Waals surface area contributed by atoms with Crippen molar-refractivity contribution in [2.45, 2.75) is 25.8 Å². The van der Waals surface area contributed by atoms with E-state index in [1.54, 1.807) is 11.1 Å². The van der Waals surface area contributed by atoms with Crippen LogP contribution in [-0.2, 0) is 16.8 Å². The van der Waals surface area contributed by atoms with E-state index in [9.17, 15) is 4.79 Å². The predicted molar refractivity (Wildman–Crippen MR) is 82.7 cm³/mol. The minimum atomic E-state index is -0.505. The molecule has 1 aliphatic rings. The zero-order valence-corrected chi connectivity index (χ0v) is 12.1. The number of anilines is 2. The van der Waals surface area contributed by atoms with Crippen LogP contribution in [0.5, 0.6) is 0 Å². The molecular formula is C16H18N4O. The van der Waals surface area contributed by atoms with Crippen molar-refractivity contribution in [3.63, 3.8) is 0 Å². The number of hydrogen-bond donors (Lipinski definition) is 2. The molecule has 1 amide bonds. The van der Waals surface area contributed by atoms with Crippen molar-refractivity contribution in [1.82, 2.24) is 4.98 Å². The predicted octanol–water partition coefficient (Wildman–Crippen LogP) is 2.19. The van der Waals surface area contributed by atoms with E-state index in [1.165, 1.54) is 0 Å². The topological polar surface area (TPSA) is 71.2 Å². The zero-order valence-electron chi connectivity index (χ0n) is 12.1. The standard InChI is InChI=1S/C16H18N4O/c1-16(2)12-7-3-4-8-13(12)20(15(16)21)10-11-6-5-9-18-14(11)19-17/h3-9H,10,17H2,1-2H3,(H,18,19). The average Bonchev–Trinajstić information content (AvgIpc) is 2.69. The second kappa shape index (κ2) is 4.86. The number of hydrazine groups is 1. The lowest BCUT2D eigenvalue weighted by atomic mass is 9.86. The fourth-order valence-electron chi connectivity index (χ4n) is 2.82. The molecule has 2 heterocycles. The van der Waals surface area contributed by atoms with Gasteiger partial charge in [0.05, 0.1) is 12.0 Å². The smallest absolute Gasteiger partial charge is 0.237 e. The van der Waals surface area contributed by atoms with Crippen molar-refractivity contribution in [2.75, 3.05) is 10.3 Å². The third-order valence-corrected chi connectivity index (χ3v) is 4.00. The lowest BCUT2D eigenvalue weighted by Crippen LogP contribution is -2.36. The van der Waals surface area contributed by atoms with E-state index in [2.05, 4.69) is 10.4 Å². The molecule has 0 fully saturated rings. The molecule has 0 radical (unpaired) electrons. The Bertz CT molecular complexity index is 696. The molecule has 1 aromatic heterocycles. The number of amides is 1. The van der Waals surface area contributed by atoms with E-state index in [-0.39, 0.29) is 5.91 Å². The molecule has 108 valence electrons. The summed E-state index contributed by atoms with van der Waals surface area (Å²) in [5.41, 5.74) is 4.98. The largest absolute Gasteiger partial charge is 0.308 e. The first-order valence-corrected chi connectivity index (χ1v) is 6.87. The first-order chi connectivity index (χ1) is 10.1. The Hall–Kier alpha value is -2.40. The maximum atomic E-state index is 12.7. The van der Waals surface area contributed by atoms with E-state index in [0.717, 1.165) is 16.8 Å². The van der Waals surface area contributed by atoms with Crippen LogP contribution < -0.4 is 16.2 Å². The number of fused-ring (bicyclic) bond motifs is 1. The lowest BCUT2D eigenvalue weighted by molar-refractivity contribution is -0.122. The molecule has 3 rings (SSSR count). The molecule has 5 nitrogen and oxygen atoms in total. The molecule has 0 bridgehead atoms. The maximum Gasteiger partial charge on any atom is 0.237 e. The van der Waals surface area contributed by atoms with Gasteiger partial charge in [0.1, 0.15) is 5.82 Å². The molecular weight excluding hydrogens is 264 g/mol. The number of hydrogen-bond acceptors (Lipinski definition) is 4. The minimum Gasteiger partial charge on any atom is -0.308 e. The van der Waals surface area contributed by atoms with Crippen molar-refractivity contribution in [3.05, 3.63) is 53.7 Å². The number of aromatic nitrogens is 1. The average molecular weight is 282 g/mol.